The molecule has 1 aliphatic carbocycles. The van der Waals surface area contributed by atoms with Gasteiger partial charge in [-0.25, -0.2) is 18.2 Å². The predicted molar refractivity (Wildman–Crippen MR) is 141 cm³/mol. The molecule has 11 heteroatoms. The third-order valence-corrected chi connectivity index (χ3v) is 8.25. The van der Waals surface area contributed by atoms with E-state index in [1.807, 2.05) is 0 Å². The van der Waals surface area contributed by atoms with Gasteiger partial charge in [0.25, 0.3) is 12.0 Å². The fourth-order valence-electron chi connectivity index (χ4n) is 4.76. The number of halogens is 4. The topological polar surface area (TPSA) is 77.1 Å². The fraction of sp³-hybridized carbons (Fsp3) is 0.222. The third kappa shape index (κ3) is 3.99. The van der Waals surface area contributed by atoms with Crippen LogP contribution in [0.25, 0.3) is 31.7 Å². The first kappa shape index (κ1) is 24.7. The quantitative estimate of drug-likeness (QED) is 0.274. The molecule has 1 fully saturated rings. The number of phenols is 1. The minimum absolute atomic E-state index is 0.00946. The van der Waals surface area contributed by atoms with E-state index in [1.54, 1.807) is 25.4 Å². The summed E-state index contributed by atoms with van der Waals surface area (Å²) in [5.41, 5.74) is 0.00977. The average molecular weight is 558 g/mol. The van der Waals surface area contributed by atoms with Crippen LogP contribution in [0.15, 0.2) is 52.2 Å². The van der Waals surface area contributed by atoms with Crippen LogP contribution < -0.4 is 11.1 Å². The Labute approximate surface area is 222 Å². The van der Waals surface area contributed by atoms with Crippen molar-refractivity contribution in [3.8, 4) is 17.1 Å². The molecule has 6 nitrogen and oxygen atoms in total. The lowest BCUT2D eigenvalue weighted by molar-refractivity contribution is 0.146. The van der Waals surface area contributed by atoms with Crippen LogP contribution in [0.1, 0.15) is 41.9 Å². The Morgan fingerprint density at radius 3 is 2.63 bits per heavy atom. The number of nitrogens with zero attached hydrogens (tertiary/aromatic N) is 3. The molecular weight excluding hydrogens is 539 g/mol. The molecular formula is C27H19ClF3N3O3S. The van der Waals surface area contributed by atoms with Crippen molar-refractivity contribution in [3.05, 3.63) is 90.8 Å². The molecule has 3 aromatic heterocycles. The highest BCUT2D eigenvalue weighted by Gasteiger charge is 2.31. The lowest BCUT2D eigenvalue weighted by Crippen LogP contribution is -2.25. The number of phenolic OH excluding ortho intramolecular Hbond substituents is 1. The molecule has 194 valence electrons. The monoisotopic (exact) mass is 557 g/mol. The van der Waals surface area contributed by atoms with Gasteiger partial charge in [-0.15, -0.1) is 11.3 Å². The summed E-state index contributed by atoms with van der Waals surface area (Å²) in [6, 6.07) is 8.28. The number of aromatic nitrogens is 3. The first-order valence-corrected chi connectivity index (χ1v) is 13.0. The van der Waals surface area contributed by atoms with Crippen molar-refractivity contribution in [2.24, 2.45) is 7.05 Å². The van der Waals surface area contributed by atoms with Crippen molar-refractivity contribution in [2.75, 3.05) is 0 Å². The van der Waals surface area contributed by atoms with E-state index in [0.29, 0.717) is 26.0 Å². The van der Waals surface area contributed by atoms with E-state index in [4.69, 9.17) is 16.6 Å². The van der Waals surface area contributed by atoms with Crippen LogP contribution in [-0.4, -0.2) is 19.2 Å². The Bertz CT molecular complexity index is 1890. The van der Waals surface area contributed by atoms with E-state index < -0.39 is 23.4 Å². The summed E-state index contributed by atoms with van der Waals surface area (Å²) in [6.45, 7) is -0.00946. The van der Waals surface area contributed by atoms with Gasteiger partial charge < -0.3 is 9.67 Å². The standard InChI is InChI=1S/C27H19ClF3N3O3S/c1-33-10-12(2-7-20(33)35)11-34-25(16-9-19(29)17(24(30)31)8-15(16)13-3-4-13)32-26-21(27(34)37)14-5-6-18(28)22(36)23(14)38-26/h2,5-10,13,24,36H,3-4,11H2,1H3. The third-order valence-electron chi connectivity index (χ3n) is 6.84. The fourth-order valence-corrected chi connectivity index (χ4v) is 6.09. The molecule has 1 aliphatic rings. The summed E-state index contributed by atoms with van der Waals surface area (Å²) in [5.74, 6) is -1.19. The maximum atomic E-state index is 14.9. The number of thiophene rings is 1. The van der Waals surface area contributed by atoms with Crippen LogP contribution in [0.2, 0.25) is 5.02 Å². The number of hydrogen-bond donors (Lipinski definition) is 1. The highest BCUT2D eigenvalue weighted by molar-refractivity contribution is 7.25. The first-order valence-electron chi connectivity index (χ1n) is 11.8. The van der Waals surface area contributed by atoms with E-state index in [9.17, 15) is 27.9 Å². The van der Waals surface area contributed by atoms with Gasteiger partial charge in [0.05, 0.1) is 27.2 Å². The summed E-state index contributed by atoms with van der Waals surface area (Å²) in [7, 11) is 1.58. The van der Waals surface area contributed by atoms with Gasteiger partial charge in [-0.1, -0.05) is 23.7 Å². The van der Waals surface area contributed by atoms with Gasteiger partial charge in [-0.3, -0.25) is 14.2 Å². The Kier molecular flexibility index (Phi) is 5.84. The maximum Gasteiger partial charge on any atom is 0.266 e. The zero-order valence-electron chi connectivity index (χ0n) is 19.8. The molecule has 0 radical (unpaired) electrons. The van der Waals surface area contributed by atoms with Crippen molar-refractivity contribution >= 4 is 43.2 Å². The molecule has 0 amide bonds. The number of fused-ring (bicyclic) bond motifs is 3. The minimum atomic E-state index is -2.99. The average Bonchev–Trinajstić information content (AvgIpc) is 3.65. The second kappa shape index (κ2) is 8.99. The number of pyridine rings is 1. The smallest absolute Gasteiger partial charge is 0.266 e. The molecule has 0 unspecified atom stereocenters. The van der Waals surface area contributed by atoms with E-state index in [2.05, 4.69) is 0 Å². The van der Waals surface area contributed by atoms with Crippen LogP contribution in [0.3, 0.4) is 0 Å². The molecule has 3 heterocycles. The summed E-state index contributed by atoms with van der Waals surface area (Å²) < 4.78 is 45.1. The van der Waals surface area contributed by atoms with Crippen LogP contribution in [0.5, 0.6) is 5.75 Å². The number of benzene rings is 2. The highest BCUT2D eigenvalue weighted by atomic mass is 35.5. The SMILES string of the molecule is Cn1cc(Cn2c(-c3cc(F)c(C(F)F)cc3C3CC3)nc3sc4c(O)c(Cl)ccc4c3c2=O)ccc1=O. The lowest BCUT2D eigenvalue weighted by atomic mass is 9.98. The molecule has 0 spiro atoms. The van der Waals surface area contributed by atoms with Crippen molar-refractivity contribution in [2.45, 2.75) is 31.7 Å². The van der Waals surface area contributed by atoms with Crippen LogP contribution in [-0.2, 0) is 13.6 Å². The minimum Gasteiger partial charge on any atom is -0.505 e. The molecule has 6 rings (SSSR count). The van der Waals surface area contributed by atoms with Gasteiger partial charge in [-0.05, 0) is 48.1 Å². The molecule has 0 atom stereocenters. The van der Waals surface area contributed by atoms with Gasteiger partial charge in [0, 0.05) is 30.3 Å². The second-order valence-electron chi connectivity index (χ2n) is 9.40. The van der Waals surface area contributed by atoms with Crippen molar-refractivity contribution in [3.63, 3.8) is 0 Å². The zero-order valence-corrected chi connectivity index (χ0v) is 21.4. The summed E-state index contributed by atoms with van der Waals surface area (Å²) in [5, 5.41) is 11.4. The Balaban J connectivity index is 1.69. The maximum absolute atomic E-state index is 14.9. The Morgan fingerprint density at radius 1 is 1.18 bits per heavy atom. The van der Waals surface area contributed by atoms with E-state index in [-0.39, 0.29) is 45.6 Å². The molecule has 5 aromatic rings. The lowest BCUT2D eigenvalue weighted by Gasteiger charge is -2.17. The second-order valence-corrected chi connectivity index (χ2v) is 10.8. The number of aromatic hydroxyl groups is 1. The highest BCUT2D eigenvalue weighted by Crippen LogP contribution is 2.47. The van der Waals surface area contributed by atoms with E-state index >= 15 is 0 Å². The predicted octanol–water partition coefficient (Wildman–Crippen LogP) is 6.34. The Morgan fingerprint density at radius 2 is 1.95 bits per heavy atom. The van der Waals surface area contributed by atoms with Crippen LogP contribution in [0, 0.1) is 5.82 Å². The van der Waals surface area contributed by atoms with Crippen LogP contribution >= 0.6 is 22.9 Å². The van der Waals surface area contributed by atoms with Gasteiger partial charge in [-0.2, -0.15) is 0 Å². The normalized spacial score (nSPS) is 13.7. The van der Waals surface area contributed by atoms with Gasteiger partial charge in [0.15, 0.2) is 5.75 Å². The van der Waals surface area contributed by atoms with Gasteiger partial charge in [0.1, 0.15) is 16.5 Å². The number of rotatable bonds is 5. The summed E-state index contributed by atoms with van der Waals surface area (Å²) >= 11 is 7.16. The van der Waals surface area contributed by atoms with Crippen LogP contribution in [0.4, 0.5) is 13.2 Å². The van der Waals surface area contributed by atoms with E-state index in [0.717, 1.165) is 30.2 Å². The van der Waals surface area contributed by atoms with Crippen molar-refractivity contribution in [1.82, 2.24) is 14.1 Å². The van der Waals surface area contributed by atoms with Crippen molar-refractivity contribution < 1.29 is 18.3 Å². The first-order chi connectivity index (χ1) is 18.1. The number of aryl methyl sites for hydroxylation is 1. The largest absolute Gasteiger partial charge is 0.505 e. The van der Waals surface area contributed by atoms with E-state index in [1.165, 1.54) is 27.3 Å². The Hall–Kier alpha value is -3.63. The zero-order chi connectivity index (χ0) is 26.9. The van der Waals surface area contributed by atoms with Crippen molar-refractivity contribution in [1.29, 1.82) is 0 Å². The molecule has 1 saturated carbocycles. The number of alkyl halides is 2. The van der Waals surface area contributed by atoms with Gasteiger partial charge in [0.2, 0.25) is 5.56 Å². The van der Waals surface area contributed by atoms with Gasteiger partial charge >= 0.3 is 0 Å². The molecule has 0 bridgehead atoms. The molecule has 0 aliphatic heterocycles. The summed E-state index contributed by atoms with van der Waals surface area (Å²) in [4.78, 5) is 31.0. The number of hydrogen-bond acceptors (Lipinski definition) is 5. The molecule has 38 heavy (non-hydrogen) atoms. The molecule has 0 saturated heterocycles. The summed E-state index contributed by atoms with van der Waals surface area (Å²) in [6.07, 6.45) is 0.107. The molecule has 2 aromatic carbocycles. The molecule has 1 N–H and O–H groups in total.